The summed E-state index contributed by atoms with van der Waals surface area (Å²) in [5.74, 6) is -0.864. The molecule has 0 spiro atoms. The Kier molecular flexibility index (Phi) is 6.10. The third-order valence-corrected chi connectivity index (χ3v) is 3.07. The summed E-state index contributed by atoms with van der Waals surface area (Å²) < 4.78 is 4.49. The summed E-state index contributed by atoms with van der Waals surface area (Å²) in [5.41, 5.74) is -0.378. The minimum Gasteiger partial charge on any atom is -0.469 e. The van der Waals surface area contributed by atoms with Gasteiger partial charge in [0.15, 0.2) is 0 Å². The topological polar surface area (TPSA) is 89.8 Å². The van der Waals surface area contributed by atoms with Crippen LogP contribution in [0.2, 0.25) is 5.02 Å². The van der Waals surface area contributed by atoms with Gasteiger partial charge in [-0.3, -0.25) is 19.7 Å². The van der Waals surface area contributed by atoms with Gasteiger partial charge >= 0.3 is 5.97 Å². The highest BCUT2D eigenvalue weighted by Crippen LogP contribution is 2.24. The Bertz CT molecular complexity index is 561. The Morgan fingerprint density at radius 2 is 2.10 bits per heavy atom. The van der Waals surface area contributed by atoms with Gasteiger partial charge in [-0.05, 0) is 18.6 Å². The number of rotatable bonds is 6. The van der Waals surface area contributed by atoms with Crippen LogP contribution in [-0.2, 0) is 9.53 Å². The second kappa shape index (κ2) is 7.58. The summed E-state index contributed by atoms with van der Waals surface area (Å²) in [6.45, 7) is 0.285. The van der Waals surface area contributed by atoms with Crippen LogP contribution in [0.1, 0.15) is 23.2 Å². The van der Waals surface area contributed by atoms with Crippen LogP contribution in [0.25, 0.3) is 0 Å². The zero-order chi connectivity index (χ0) is 16.0. The van der Waals surface area contributed by atoms with Crippen LogP contribution in [0.5, 0.6) is 0 Å². The largest absolute Gasteiger partial charge is 0.469 e. The van der Waals surface area contributed by atoms with Crippen molar-refractivity contribution in [3.63, 3.8) is 0 Å². The van der Waals surface area contributed by atoms with Gasteiger partial charge in [0, 0.05) is 31.1 Å². The SMILES string of the molecule is COC(=O)CCCN(C)C(=O)c1ccc(Cl)cc1[N+](=O)[O-]. The van der Waals surface area contributed by atoms with Crippen LogP contribution in [-0.4, -0.2) is 42.4 Å². The minimum absolute atomic E-state index is 0.0371. The van der Waals surface area contributed by atoms with Crippen molar-refractivity contribution in [2.75, 3.05) is 20.7 Å². The highest BCUT2D eigenvalue weighted by Gasteiger charge is 2.23. The molecule has 0 aliphatic rings. The number of benzene rings is 1. The van der Waals surface area contributed by atoms with Crippen molar-refractivity contribution in [1.82, 2.24) is 4.90 Å². The maximum absolute atomic E-state index is 12.2. The zero-order valence-corrected chi connectivity index (χ0v) is 12.4. The maximum Gasteiger partial charge on any atom is 0.305 e. The van der Waals surface area contributed by atoms with Gasteiger partial charge in [0.05, 0.1) is 12.0 Å². The Labute approximate surface area is 126 Å². The molecule has 1 aromatic carbocycles. The molecule has 0 N–H and O–H groups in total. The Morgan fingerprint density at radius 3 is 2.67 bits per heavy atom. The van der Waals surface area contributed by atoms with Gasteiger partial charge in [-0.1, -0.05) is 11.6 Å². The van der Waals surface area contributed by atoms with Gasteiger partial charge in [0.2, 0.25) is 0 Å². The number of hydrogen-bond acceptors (Lipinski definition) is 5. The number of esters is 1. The molecule has 0 bridgehead atoms. The molecule has 0 radical (unpaired) electrons. The lowest BCUT2D eigenvalue weighted by Crippen LogP contribution is -2.28. The average Bonchev–Trinajstić information content (AvgIpc) is 2.45. The van der Waals surface area contributed by atoms with Crippen LogP contribution in [0.15, 0.2) is 18.2 Å². The Hall–Kier alpha value is -2.15. The first-order valence-corrected chi connectivity index (χ1v) is 6.50. The Morgan fingerprint density at radius 1 is 1.43 bits per heavy atom. The van der Waals surface area contributed by atoms with Crippen LogP contribution in [0, 0.1) is 10.1 Å². The molecule has 0 aliphatic carbocycles. The van der Waals surface area contributed by atoms with E-state index in [0.29, 0.717) is 6.42 Å². The van der Waals surface area contributed by atoms with E-state index in [2.05, 4.69) is 4.74 Å². The number of nitrogens with zero attached hydrogens (tertiary/aromatic N) is 2. The first kappa shape index (κ1) is 16.9. The molecule has 21 heavy (non-hydrogen) atoms. The fourth-order valence-electron chi connectivity index (χ4n) is 1.71. The van der Waals surface area contributed by atoms with E-state index < -0.39 is 10.8 Å². The summed E-state index contributed by atoms with van der Waals surface area (Å²) in [4.78, 5) is 34.8. The third-order valence-electron chi connectivity index (χ3n) is 2.84. The molecule has 114 valence electrons. The normalized spacial score (nSPS) is 10.0. The molecule has 1 rings (SSSR count). The minimum atomic E-state index is -0.651. The maximum atomic E-state index is 12.2. The molecular formula is C13H15ClN2O5. The van der Waals surface area contributed by atoms with Crippen molar-refractivity contribution in [3.8, 4) is 0 Å². The number of nitro groups is 1. The van der Waals surface area contributed by atoms with E-state index in [0.717, 1.165) is 6.07 Å². The van der Waals surface area contributed by atoms with E-state index in [-0.39, 0.29) is 35.2 Å². The molecule has 7 nitrogen and oxygen atoms in total. The quantitative estimate of drug-likeness (QED) is 0.456. The first-order valence-electron chi connectivity index (χ1n) is 6.13. The number of nitro benzene ring substituents is 1. The molecule has 8 heteroatoms. The number of carbonyl (C=O) groups excluding carboxylic acids is 2. The van der Waals surface area contributed by atoms with E-state index >= 15 is 0 Å². The number of ether oxygens (including phenoxy) is 1. The number of hydrogen-bond donors (Lipinski definition) is 0. The molecule has 0 atom stereocenters. The van der Waals surface area contributed by atoms with Crippen molar-refractivity contribution in [1.29, 1.82) is 0 Å². The van der Waals surface area contributed by atoms with Gasteiger partial charge in [-0.2, -0.15) is 0 Å². The highest BCUT2D eigenvalue weighted by atomic mass is 35.5. The first-order chi connectivity index (χ1) is 9.86. The molecule has 0 aromatic heterocycles. The lowest BCUT2D eigenvalue weighted by molar-refractivity contribution is -0.385. The van der Waals surface area contributed by atoms with Crippen LogP contribution >= 0.6 is 11.6 Å². The lowest BCUT2D eigenvalue weighted by Gasteiger charge is -2.16. The van der Waals surface area contributed by atoms with E-state index in [1.165, 1.54) is 31.2 Å². The van der Waals surface area contributed by atoms with E-state index in [4.69, 9.17) is 11.6 Å². The summed E-state index contributed by atoms with van der Waals surface area (Å²) in [5, 5.41) is 11.1. The second-order valence-electron chi connectivity index (χ2n) is 4.32. The van der Waals surface area contributed by atoms with Crippen molar-refractivity contribution in [2.45, 2.75) is 12.8 Å². The van der Waals surface area contributed by atoms with Crippen LogP contribution in [0.4, 0.5) is 5.69 Å². The monoisotopic (exact) mass is 314 g/mol. The second-order valence-corrected chi connectivity index (χ2v) is 4.76. The summed E-state index contributed by atoms with van der Waals surface area (Å²) >= 11 is 5.70. The van der Waals surface area contributed by atoms with Crippen molar-refractivity contribution < 1.29 is 19.2 Å². The highest BCUT2D eigenvalue weighted by molar-refractivity contribution is 6.31. The Balaban J connectivity index is 2.79. The van der Waals surface area contributed by atoms with Crippen molar-refractivity contribution in [3.05, 3.63) is 38.9 Å². The molecule has 0 unspecified atom stereocenters. The molecule has 0 saturated heterocycles. The number of methoxy groups -OCH3 is 1. The van der Waals surface area contributed by atoms with Crippen LogP contribution in [0.3, 0.4) is 0 Å². The fraction of sp³-hybridized carbons (Fsp3) is 0.385. The molecule has 0 aliphatic heterocycles. The van der Waals surface area contributed by atoms with Gasteiger partial charge < -0.3 is 9.64 Å². The molecule has 1 amide bonds. The molecular weight excluding hydrogens is 300 g/mol. The smallest absolute Gasteiger partial charge is 0.305 e. The van der Waals surface area contributed by atoms with Crippen molar-refractivity contribution in [2.24, 2.45) is 0 Å². The molecule has 1 aromatic rings. The predicted molar refractivity (Wildman–Crippen MR) is 76.3 cm³/mol. The van der Waals surface area contributed by atoms with Gasteiger partial charge in [-0.15, -0.1) is 0 Å². The molecule has 0 saturated carbocycles. The average molecular weight is 315 g/mol. The standard InChI is InChI=1S/C13H15ClN2O5/c1-15(7-3-4-12(17)21-2)13(18)10-6-5-9(14)8-11(10)16(19)20/h5-6,8H,3-4,7H2,1-2H3. The predicted octanol–water partition coefficient (Wildman–Crippen LogP) is 2.27. The lowest BCUT2D eigenvalue weighted by atomic mass is 10.1. The number of carbonyl (C=O) groups is 2. The molecule has 0 fully saturated rings. The van der Waals surface area contributed by atoms with E-state index in [9.17, 15) is 19.7 Å². The van der Waals surface area contributed by atoms with Crippen LogP contribution < -0.4 is 0 Å². The van der Waals surface area contributed by atoms with Gasteiger partial charge in [-0.25, -0.2) is 0 Å². The third kappa shape index (κ3) is 4.71. The van der Waals surface area contributed by atoms with Gasteiger partial charge in [0.25, 0.3) is 11.6 Å². The van der Waals surface area contributed by atoms with E-state index in [1.54, 1.807) is 0 Å². The fourth-order valence-corrected chi connectivity index (χ4v) is 1.87. The summed E-state index contributed by atoms with van der Waals surface area (Å²) in [7, 11) is 2.80. The number of halogens is 1. The number of amides is 1. The summed E-state index contributed by atoms with van der Waals surface area (Å²) in [6.07, 6.45) is 0.590. The molecule has 0 heterocycles. The zero-order valence-electron chi connectivity index (χ0n) is 11.7. The van der Waals surface area contributed by atoms with Crippen molar-refractivity contribution >= 4 is 29.2 Å². The van der Waals surface area contributed by atoms with Gasteiger partial charge in [0.1, 0.15) is 5.56 Å². The van der Waals surface area contributed by atoms with E-state index in [1.807, 2.05) is 0 Å². The summed E-state index contributed by atoms with van der Waals surface area (Å²) in [6, 6.07) is 3.88.